The number of nitrogens with one attached hydrogen (secondary N) is 1. The fourth-order valence-electron chi connectivity index (χ4n) is 2.30. The van der Waals surface area contributed by atoms with Crippen LogP contribution in [0.15, 0.2) is 22.8 Å². The van der Waals surface area contributed by atoms with Crippen molar-refractivity contribution in [1.29, 1.82) is 0 Å². The zero-order chi connectivity index (χ0) is 12.1. The molecule has 2 rings (SSSR count). The molecule has 0 bridgehead atoms. The van der Waals surface area contributed by atoms with Crippen molar-refractivity contribution in [2.24, 2.45) is 0 Å². The van der Waals surface area contributed by atoms with E-state index in [1.807, 2.05) is 19.2 Å². The highest BCUT2D eigenvalue weighted by Crippen LogP contribution is 2.34. The molecule has 0 spiro atoms. The lowest BCUT2D eigenvalue weighted by atomic mass is 9.80. The van der Waals surface area contributed by atoms with Gasteiger partial charge in [0.25, 0.3) is 0 Å². The first-order valence-corrected chi connectivity index (χ1v) is 6.55. The minimum atomic E-state index is 0.124. The molecular formula is C14H23NO2. The van der Waals surface area contributed by atoms with Gasteiger partial charge in [0.2, 0.25) is 0 Å². The Kier molecular flexibility index (Phi) is 4.24. The average molecular weight is 237 g/mol. The van der Waals surface area contributed by atoms with Gasteiger partial charge in [-0.25, -0.2) is 0 Å². The molecule has 0 aliphatic heterocycles. The van der Waals surface area contributed by atoms with Crippen molar-refractivity contribution in [3.8, 4) is 0 Å². The van der Waals surface area contributed by atoms with E-state index < -0.39 is 0 Å². The third-order valence-corrected chi connectivity index (χ3v) is 3.87. The molecule has 0 aromatic carbocycles. The van der Waals surface area contributed by atoms with Gasteiger partial charge in [0.15, 0.2) is 0 Å². The fraction of sp³-hybridized carbons (Fsp3) is 0.714. The van der Waals surface area contributed by atoms with Crippen LogP contribution in [0.3, 0.4) is 0 Å². The van der Waals surface area contributed by atoms with E-state index in [0.29, 0.717) is 6.04 Å². The van der Waals surface area contributed by atoms with Gasteiger partial charge >= 0.3 is 0 Å². The van der Waals surface area contributed by atoms with Crippen LogP contribution in [0.5, 0.6) is 0 Å². The number of aryl methyl sites for hydroxylation is 1. The fourth-order valence-corrected chi connectivity index (χ4v) is 2.30. The summed E-state index contributed by atoms with van der Waals surface area (Å²) in [5, 5.41) is 3.57. The summed E-state index contributed by atoms with van der Waals surface area (Å²) in [5.41, 5.74) is 0.124. The molecule has 1 saturated carbocycles. The molecule has 1 fully saturated rings. The highest BCUT2D eigenvalue weighted by Gasteiger charge is 2.36. The second-order valence-corrected chi connectivity index (χ2v) is 5.14. The maximum atomic E-state index is 5.59. The van der Waals surface area contributed by atoms with E-state index in [0.717, 1.165) is 25.1 Å². The molecule has 1 aromatic rings. The zero-order valence-corrected chi connectivity index (χ0v) is 10.9. The zero-order valence-electron chi connectivity index (χ0n) is 10.9. The molecule has 96 valence electrons. The van der Waals surface area contributed by atoms with Gasteiger partial charge in [-0.05, 0) is 44.7 Å². The number of methoxy groups -OCH3 is 1. The quantitative estimate of drug-likeness (QED) is 0.792. The van der Waals surface area contributed by atoms with E-state index in [9.17, 15) is 0 Å². The van der Waals surface area contributed by atoms with Gasteiger partial charge < -0.3 is 14.5 Å². The van der Waals surface area contributed by atoms with Crippen molar-refractivity contribution < 1.29 is 9.15 Å². The van der Waals surface area contributed by atoms with Gasteiger partial charge in [0, 0.05) is 26.1 Å². The first kappa shape index (κ1) is 12.7. The highest BCUT2D eigenvalue weighted by atomic mass is 16.5. The van der Waals surface area contributed by atoms with Crippen LogP contribution < -0.4 is 5.32 Å². The van der Waals surface area contributed by atoms with Crippen molar-refractivity contribution in [2.75, 3.05) is 13.7 Å². The Balaban J connectivity index is 1.65. The van der Waals surface area contributed by atoms with Crippen LogP contribution in [0.2, 0.25) is 0 Å². The van der Waals surface area contributed by atoms with Gasteiger partial charge in [-0.2, -0.15) is 0 Å². The van der Waals surface area contributed by atoms with Crippen molar-refractivity contribution in [1.82, 2.24) is 5.32 Å². The van der Waals surface area contributed by atoms with E-state index in [-0.39, 0.29) is 5.60 Å². The minimum absolute atomic E-state index is 0.124. The Bertz CT molecular complexity index is 311. The van der Waals surface area contributed by atoms with E-state index >= 15 is 0 Å². The second kappa shape index (κ2) is 5.69. The first-order valence-electron chi connectivity index (χ1n) is 6.55. The van der Waals surface area contributed by atoms with Crippen LogP contribution in [0.4, 0.5) is 0 Å². The predicted octanol–water partition coefficient (Wildman–Crippen LogP) is 2.76. The molecule has 0 saturated heterocycles. The molecule has 1 atom stereocenters. The van der Waals surface area contributed by atoms with Gasteiger partial charge in [0.05, 0.1) is 11.9 Å². The van der Waals surface area contributed by atoms with Crippen molar-refractivity contribution in [3.05, 3.63) is 24.2 Å². The van der Waals surface area contributed by atoms with E-state index in [1.165, 1.54) is 19.3 Å². The number of rotatable bonds is 7. The van der Waals surface area contributed by atoms with E-state index in [2.05, 4.69) is 12.2 Å². The lowest BCUT2D eigenvalue weighted by Gasteiger charge is -2.41. The van der Waals surface area contributed by atoms with Gasteiger partial charge in [-0.15, -0.1) is 0 Å². The number of furan rings is 1. The molecule has 1 N–H and O–H groups in total. The van der Waals surface area contributed by atoms with Crippen LogP contribution in [0.1, 0.15) is 38.4 Å². The normalized spacial score (nSPS) is 19.9. The van der Waals surface area contributed by atoms with E-state index in [4.69, 9.17) is 9.15 Å². The molecule has 0 radical (unpaired) electrons. The summed E-state index contributed by atoms with van der Waals surface area (Å²) >= 11 is 0. The lowest BCUT2D eigenvalue weighted by Crippen LogP contribution is -2.49. The number of ether oxygens (including phenoxy) is 1. The van der Waals surface area contributed by atoms with Crippen LogP contribution in [-0.2, 0) is 11.2 Å². The summed E-state index contributed by atoms with van der Waals surface area (Å²) in [5.74, 6) is 1.07. The molecule has 0 amide bonds. The summed E-state index contributed by atoms with van der Waals surface area (Å²) in [7, 11) is 1.83. The Morgan fingerprint density at radius 2 is 2.35 bits per heavy atom. The third kappa shape index (κ3) is 3.33. The minimum Gasteiger partial charge on any atom is -0.469 e. The van der Waals surface area contributed by atoms with Gasteiger partial charge in [0.1, 0.15) is 5.76 Å². The Hall–Kier alpha value is -0.800. The predicted molar refractivity (Wildman–Crippen MR) is 68.1 cm³/mol. The third-order valence-electron chi connectivity index (χ3n) is 3.87. The Labute approximate surface area is 104 Å². The maximum absolute atomic E-state index is 5.59. The second-order valence-electron chi connectivity index (χ2n) is 5.14. The molecule has 3 heteroatoms. The maximum Gasteiger partial charge on any atom is 0.103 e. The molecule has 1 heterocycles. The lowest BCUT2D eigenvalue weighted by molar-refractivity contribution is -0.0707. The smallest absolute Gasteiger partial charge is 0.103 e. The number of hydrogen-bond donors (Lipinski definition) is 1. The Morgan fingerprint density at radius 1 is 1.53 bits per heavy atom. The molecular weight excluding hydrogens is 214 g/mol. The molecule has 1 aliphatic rings. The molecule has 3 nitrogen and oxygen atoms in total. The number of hydrogen-bond acceptors (Lipinski definition) is 3. The summed E-state index contributed by atoms with van der Waals surface area (Å²) in [6.07, 6.45) is 7.54. The molecule has 1 unspecified atom stereocenters. The SMILES string of the molecule is COC1(CNC(C)CCc2ccco2)CCC1. The highest BCUT2D eigenvalue weighted by molar-refractivity contribution is 4.98. The van der Waals surface area contributed by atoms with Gasteiger partial charge in [-0.3, -0.25) is 0 Å². The monoisotopic (exact) mass is 237 g/mol. The average Bonchev–Trinajstić information content (AvgIpc) is 2.78. The van der Waals surface area contributed by atoms with Gasteiger partial charge in [-0.1, -0.05) is 0 Å². The van der Waals surface area contributed by atoms with Crippen molar-refractivity contribution in [2.45, 2.75) is 50.7 Å². The van der Waals surface area contributed by atoms with Crippen LogP contribution in [0, 0.1) is 0 Å². The summed E-state index contributed by atoms with van der Waals surface area (Å²) < 4.78 is 10.9. The topological polar surface area (TPSA) is 34.4 Å². The van der Waals surface area contributed by atoms with Crippen LogP contribution in [-0.4, -0.2) is 25.3 Å². The summed E-state index contributed by atoms with van der Waals surface area (Å²) in [4.78, 5) is 0. The van der Waals surface area contributed by atoms with Crippen LogP contribution >= 0.6 is 0 Å². The standard InChI is InChI=1S/C14H23NO2/c1-12(6-7-13-5-3-10-17-13)15-11-14(16-2)8-4-9-14/h3,5,10,12,15H,4,6-9,11H2,1-2H3. The van der Waals surface area contributed by atoms with E-state index in [1.54, 1.807) is 6.26 Å². The molecule has 17 heavy (non-hydrogen) atoms. The summed E-state index contributed by atoms with van der Waals surface area (Å²) in [6.45, 7) is 3.20. The van der Waals surface area contributed by atoms with Crippen molar-refractivity contribution in [3.63, 3.8) is 0 Å². The van der Waals surface area contributed by atoms with Crippen molar-refractivity contribution >= 4 is 0 Å². The Morgan fingerprint density at radius 3 is 2.88 bits per heavy atom. The largest absolute Gasteiger partial charge is 0.469 e. The summed E-state index contributed by atoms with van der Waals surface area (Å²) in [6, 6.07) is 4.49. The molecule has 1 aliphatic carbocycles. The first-order chi connectivity index (χ1) is 8.24. The molecule has 1 aromatic heterocycles. The van der Waals surface area contributed by atoms with Crippen LogP contribution in [0.25, 0.3) is 0 Å².